The molecule has 0 spiro atoms. The molecule has 1 aliphatic rings. The molecule has 0 saturated heterocycles. The molecule has 0 radical (unpaired) electrons. The number of aliphatic hydroxyl groups excluding tert-OH is 2. The van der Waals surface area contributed by atoms with Crippen LogP contribution in [0.5, 0.6) is 0 Å². The van der Waals surface area contributed by atoms with Crippen molar-refractivity contribution in [1.29, 1.82) is 0 Å². The smallest absolute Gasteiger partial charge is 0.240 e. The van der Waals surface area contributed by atoms with E-state index in [1.54, 1.807) is 24.3 Å². The van der Waals surface area contributed by atoms with Crippen LogP contribution in [0.15, 0.2) is 95.5 Å². The Morgan fingerprint density at radius 2 is 1.70 bits per heavy atom. The van der Waals surface area contributed by atoms with Gasteiger partial charge in [-0.2, -0.15) is 0 Å². The number of hydrogen-bond donors (Lipinski definition) is 4. The van der Waals surface area contributed by atoms with E-state index in [0.29, 0.717) is 19.3 Å². The standard InChI is InChI=1S/C30H36N2O4S/c1-3-28(32-30-27-12-8-7-11-23(27)19-29(30)34)24(17-22-9-5-4-6-10-22)18-25(33)20-31-37(35,36)26-15-13-21(2)14-16-26/h3-16,24-25,29-34H,17-20H2,1-2H3/t24-,25?,29-,30+/m1/s1. The first-order valence-corrected chi connectivity index (χ1v) is 14.2. The average Bonchev–Trinajstić information content (AvgIpc) is 3.21. The van der Waals surface area contributed by atoms with E-state index in [2.05, 4.69) is 10.0 Å². The summed E-state index contributed by atoms with van der Waals surface area (Å²) in [6.45, 7) is 3.75. The highest BCUT2D eigenvalue weighted by atomic mass is 32.2. The van der Waals surface area contributed by atoms with Gasteiger partial charge in [-0.3, -0.25) is 0 Å². The lowest BCUT2D eigenvalue weighted by Gasteiger charge is -2.29. The Morgan fingerprint density at radius 3 is 2.41 bits per heavy atom. The van der Waals surface area contributed by atoms with Gasteiger partial charge in [0.2, 0.25) is 10.0 Å². The normalized spacial score (nSPS) is 19.3. The van der Waals surface area contributed by atoms with E-state index in [4.69, 9.17) is 0 Å². The number of aryl methyl sites for hydroxylation is 1. The van der Waals surface area contributed by atoms with Crippen LogP contribution >= 0.6 is 0 Å². The van der Waals surface area contributed by atoms with E-state index in [-0.39, 0.29) is 23.4 Å². The van der Waals surface area contributed by atoms with Gasteiger partial charge < -0.3 is 15.5 Å². The predicted octanol–water partition coefficient (Wildman–Crippen LogP) is 4.03. The lowest BCUT2D eigenvalue weighted by atomic mass is 9.89. The first kappa shape index (κ1) is 27.1. The Balaban J connectivity index is 1.49. The molecule has 0 fully saturated rings. The number of aliphatic hydroxyl groups is 2. The van der Waals surface area contributed by atoms with Crippen LogP contribution in [0.3, 0.4) is 0 Å². The summed E-state index contributed by atoms with van der Waals surface area (Å²) in [7, 11) is -3.73. The summed E-state index contributed by atoms with van der Waals surface area (Å²) < 4.78 is 28.0. The van der Waals surface area contributed by atoms with Crippen molar-refractivity contribution in [3.63, 3.8) is 0 Å². The summed E-state index contributed by atoms with van der Waals surface area (Å²) >= 11 is 0. The first-order valence-electron chi connectivity index (χ1n) is 12.7. The SMILES string of the molecule is CC=C(N[C@H]1c2ccccc2C[C@H]1O)[C@H](Cc1ccccc1)CC(O)CNS(=O)(=O)c1ccc(C)cc1. The maximum Gasteiger partial charge on any atom is 0.240 e. The number of fused-ring (bicyclic) bond motifs is 1. The molecular weight excluding hydrogens is 484 g/mol. The second-order valence-corrected chi connectivity index (χ2v) is 11.5. The molecule has 4 N–H and O–H groups in total. The van der Waals surface area contributed by atoms with Crippen LogP contribution in [-0.2, 0) is 22.9 Å². The topological polar surface area (TPSA) is 98.7 Å². The minimum atomic E-state index is -3.73. The molecule has 4 atom stereocenters. The molecule has 1 aliphatic carbocycles. The molecule has 0 aliphatic heterocycles. The fourth-order valence-corrected chi connectivity index (χ4v) is 6.07. The monoisotopic (exact) mass is 520 g/mol. The molecule has 0 aromatic heterocycles. The minimum absolute atomic E-state index is 0.0899. The molecule has 0 saturated carbocycles. The van der Waals surface area contributed by atoms with E-state index in [1.165, 1.54) is 0 Å². The maximum atomic E-state index is 12.7. The van der Waals surface area contributed by atoms with E-state index in [0.717, 1.165) is 28.0 Å². The lowest BCUT2D eigenvalue weighted by Crippen LogP contribution is -2.36. The van der Waals surface area contributed by atoms with Gasteiger partial charge in [0, 0.05) is 24.6 Å². The first-order chi connectivity index (χ1) is 17.8. The molecule has 6 nitrogen and oxygen atoms in total. The number of sulfonamides is 1. The third-order valence-corrected chi connectivity index (χ3v) is 8.44. The van der Waals surface area contributed by atoms with Crippen molar-refractivity contribution < 1.29 is 18.6 Å². The van der Waals surface area contributed by atoms with E-state index in [9.17, 15) is 18.6 Å². The summed E-state index contributed by atoms with van der Waals surface area (Å²) in [5.41, 5.74) is 5.23. The third-order valence-electron chi connectivity index (χ3n) is 7.00. The predicted molar refractivity (Wildman–Crippen MR) is 146 cm³/mol. The number of rotatable bonds is 11. The van der Waals surface area contributed by atoms with E-state index in [1.807, 2.05) is 74.5 Å². The number of nitrogens with one attached hydrogen (secondary N) is 2. The Hall–Kier alpha value is -2.97. The highest BCUT2D eigenvalue weighted by Gasteiger charge is 2.32. The van der Waals surface area contributed by atoms with Gasteiger partial charge in [0.05, 0.1) is 23.1 Å². The van der Waals surface area contributed by atoms with Gasteiger partial charge in [0.1, 0.15) is 0 Å². The highest BCUT2D eigenvalue weighted by Crippen LogP contribution is 2.34. The number of benzene rings is 3. The van der Waals surface area contributed by atoms with Crippen LogP contribution in [0.2, 0.25) is 0 Å². The molecule has 7 heteroatoms. The van der Waals surface area contributed by atoms with Crippen molar-refractivity contribution in [3.8, 4) is 0 Å². The molecule has 3 aromatic carbocycles. The zero-order valence-electron chi connectivity index (χ0n) is 21.3. The van der Waals surface area contributed by atoms with E-state index >= 15 is 0 Å². The van der Waals surface area contributed by atoms with Crippen LogP contribution in [0.25, 0.3) is 0 Å². The van der Waals surface area contributed by atoms with Crippen LogP contribution < -0.4 is 10.0 Å². The lowest BCUT2D eigenvalue weighted by molar-refractivity contribution is 0.135. The summed E-state index contributed by atoms with van der Waals surface area (Å²) in [6.07, 6.45) is 2.16. The van der Waals surface area contributed by atoms with Gasteiger partial charge in [-0.05, 0) is 55.5 Å². The fourth-order valence-electron chi connectivity index (χ4n) is 5.00. The highest BCUT2D eigenvalue weighted by molar-refractivity contribution is 7.89. The van der Waals surface area contributed by atoms with Gasteiger partial charge in [-0.15, -0.1) is 0 Å². The summed E-state index contributed by atoms with van der Waals surface area (Å²) in [5, 5.41) is 25.3. The second kappa shape index (κ2) is 12.0. The maximum absolute atomic E-state index is 12.7. The van der Waals surface area contributed by atoms with Gasteiger partial charge in [0.15, 0.2) is 0 Å². The summed E-state index contributed by atoms with van der Waals surface area (Å²) in [4.78, 5) is 0.177. The zero-order valence-corrected chi connectivity index (χ0v) is 22.2. The second-order valence-electron chi connectivity index (χ2n) is 9.78. The largest absolute Gasteiger partial charge is 0.392 e. The van der Waals surface area contributed by atoms with Crippen LogP contribution in [-0.4, -0.2) is 37.4 Å². The van der Waals surface area contributed by atoms with E-state index < -0.39 is 22.2 Å². The summed E-state index contributed by atoms with van der Waals surface area (Å²) in [5.74, 6) is -0.105. The van der Waals surface area contributed by atoms with Gasteiger partial charge >= 0.3 is 0 Å². The molecule has 196 valence electrons. The van der Waals surface area contributed by atoms with Crippen molar-refractivity contribution in [2.24, 2.45) is 5.92 Å². The van der Waals surface area contributed by atoms with Gasteiger partial charge in [0.25, 0.3) is 0 Å². The summed E-state index contributed by atoms with van der Waals surface area (Å²) in [6, 6.07) is 24.5. The molecule has 37 heavy (non-hydrogen) atoms. The van der Waals surface area contributed by atoms with Crippen LogP contribution in [0.4, 0.5) is 0 Å². The molecule has 4 rings (SSSR count). The van der Waals surface area contributed by atoms with Crippen molar-refractivity contribution in [3.05, 3.63) is 113 Å². The Bertz CT molecular complexity index is 1310. The van der Waals surface area contributed by atoms with Crippen molar-refractivity contribution in [2.45, 2.75) is 56.3 Å². The van der Waals surface area contributed by atoms with Crippen molar-refractivity contribution in [2.75, 3.05) is 6.54 Å². The molecule has 3 aromatic rings. The van der Waals surface area contributed by atoms with Gasteiger partial charge in [-0.1, -0.05) is 78.4 Å². The quantitative estimate of drug-likeness (QED) is 0.306. The molecule has 0 bridgehead atoms. The van der Waals surface area contributed by atoms with Crippen LogP contribution in [0.1, 0.15) is 41.6 Å². The fraction of sp³-hybridized carbons (Fsp3) is 0.333. The molecule has 0 amide bonds. The Kier molecular flexibility index (Phi) is 8.82. The third kappa shape index (κ3) is 6.87. The Morgan fingerprint density at radius 1 is 1.03 bits per heavy atom. The number of allylic oxidation sites excluding steroid dienone is 2. The number of hydrogen-bond acceptors (Lipinski definition) is 5. The van der Waals surface area contributed by atoms with Crippen molar-refractivity contribution in [1.82, 2.24) is 10.0 Å². The molecule has 1 unspecified atom stereocenters. The zero-order chi connectivity index (χ0) is 26.4. The van der Waals surface area contributed by atoms with Crippen molar-refractivity contribution >= 4 is 10.0 Å². The minimum Gasteiger partial charge on any atom is -0.392 e. The average molecular weight is 521 g/mol. The Labute approximate surface area is 220 Å². The van der Waals surface area contributed by atoms with Gasteiger partial charge in [-0.25, -0.2) is 13.1 Å². The molecule has 0 heterocycles. The molecular formula is C30H36N2O4S. The van der Waals surface area contributed by atoms with Crippen LogP contribution in [0, 0.1) is 12.8 Å².